The number of aryl methyl sites for hydroxylation is 1. The van der Waals surface area contributed by atoms with E-state index in [4.69, 9.17) is 0 Å². The lowest BCUT2D eigenvalue weighted by atomic mass is 10.0. The molecule has 1 unspecified atom stereocenters. The average Bonchev–Trinajstić information content (AvgIpc) is 3.54. The minimum atomic E-state index is -0.0898. The van der Waals surface area contributed by atoms with E-state index < -0.39 is 0 Å². The first-order valence-electron chi connectivity index (χ1n) is 10.5. The summed E-state index contributed by atoms with van der Waals surface area (Å²) < 4.78 is 4.22. The molecule has 9 nitrogen and oxygen atoms in total. The molecule has 3 aromatic rings. The lowest BCUT2D eigenvalue weighted by Gasteiger charge is -2.29. The molecule has 2 aliphatic rings. The summed E-state index contributed by atoms with van der Waals surface area (Å²) in [6, 6.07) is 4.52. The van der Waals surface area contributed by atoms with Gasteiger partial charge in [0.2, 0.25) is 5.13 Å². The summed E-state index contributed by atoms with van der Waals surface area (Å²) in [6.45, 7) is 3.50. The Kier molecular flexibility index (Phi) is 4.98. The number of nitrogens with one attached hydrogen (secondary N) is 2. The Bertz CT molecular complexity index is 1150. The number of nitriles is 1. The average molecular weight is 437 g/mol. The topological polar surface area (TPSA) is 114 Å². The van der Waals surface area contributed by atoms with E-state index in [0.717, 1.165) is 54.9 Å². The van der Waals surface area contributed by atoms with Crippen LogP contribution in [0, 0.1) is 23.2 Å². The Hall–Kier alpha value is -3.19. The zero-order valence-corrected chi connectivity index (χ0v) is 18.3. The molecule has 1 saturated heterocycles. The number of likely N-dealkylation sites (tertiary alicyclic amines) is 1. The molecule has 2 amide bonds. The Labute approximate surface area is 184 Å². The van der Waals surface area contributed by atoms with Crippen LogP contribution in [0.15, 0.2) is 18.5 Å². The zero-order chi connectivity index (χ0) is 21.5. The van der Waals surface area contributed by atoms with Gasteiger partial charge in [-0.15, -0.1) is 0 Å². The predicted octanol–water partition coefficient (Wildman–Crippen LogP) is 3.23. The summed E-state index contributed by atoms with van der Waals surface area (Å²) >= 11 is 1.23. The monoisotopic (exact) mass is 436 g/mol. The molecule has 0 spiro atoms. The van der Waals surface area contributed by atoms with Gasteiger partial charge in [0.05, 0.1) is 11.3 Å². The SMILES string of the molecule is CCc1nsc(NC(=O)N2CC3C[C@@H](N(C)c4c(C#N)cnc5[nH]ccc45)C[C@@H]3C2)n1. The van der Waals surface area contributed by atoms with Gasteiger partial charge in [0.25, 0.3) is 0 Å². The normalized spacial score (nSPS) is 22.5. The fourth-order valence-electron chi connectivity index (χ4n) is 5.01. The molecular formula is C21H24N8OS. The molecule has 1 aliphatic heterocycles. The number of fused-ring (bicyclic) bond motifs is 2. The lowest BCUT2D eigenvalue weighted by Crippen LogP contribution is -2.36. The van der Waals surface area contributed by atoms with Crippen molar-refractivity contribution in [3.8, 4) is 6.07 Å². The summed E-state index contributed by atoms with van der Waals surface area (Å²) in [5.74, 6) is 1.69. The Balaban J connectivity index is 1.26. The number of hydrogen-bond donors (Lipinski definition) is 2. The Morgan fingerprint density at radius 2 is 2.19 bits per heavy atom. The first kappa shape index (κ1) is 19.8. The smallest absolute Gasteiger partial charge is 0.323 e. The van der Waals surface area contributed by atoms with Crippen molar-refractivity contribution in [1.29, 1.82) is 5.26 Å². The van der Waals surface area contributed by atoms with E-state index in [-0.39, 0.29) is 6.03 Å². The van der Waals surface area contributed by atoms with Gasteiger partial charge in [-0.2, -0.15) is 9.64 Å². The third-order valence-corrected chi connectivity index (χ3v) is 7.26. The van der Waals surface area contributed by atoms with Crippen LogP contribution in [0.5, 0.6) is 0 Å². The fraction of sp³-hybridized carbons (Fsp3) is 0.476. The minimum absolute atomic E-state index is 0.0898. The van der Waals surface area contributed by atoms with Gasteiger partial charge in [-0.1, -0.05) is 6.92 Å². The molecular weight excluding hydrogens is 412 g/mol. The van der Waals surface area contributed by atoms with Crippen molar-refractivity contribution in [1.82, 2.24) is 24.2 Å². The molecule has 0 aromatic carbocycles. The van der Waals surface area contributed by atoms with E-state index in [9.17, 15) is 10.1 Å². The van der Waals surface area contributed by atoms with Crippen molar-refractivity contribution in [2.75, 3.05) is 30.4 Å². The van der Waals surface area contributed by atoms with Crippen LogP contribution in [-0.4, -0.2) is 56.4 Å². The van der Waals surface area contributed by atoms with Crippen molar-refractivity contribution in [3.05, 3.63) is 29.8 Å². The zero-order valence-electron chi connectivity index (χ0n) is 17.5. The molecule has 10 heteroatoms. The maximum atomic E-state index is 12.7. The maximum absolute atomic E-state index is 12.7. The number of aromatic nitrogens is 4. The van der Waals surface area contributed by atoms with Gasteiger partial charge in [0.15, 0.2) is 0 Å². The first-order valence-corrected chi connectivity index (χ1v) is 11.3. The Morgan fingerprint density at radius 3 is 2.87 bits per heavy atom. The van der Waals surface area contributed by atoms with Crippen LogP contribution in [0.25, 0.3) is 11.0 Å². The van der Waals surface area contributed by atoms with Crippen LogP contribution in [-0.2, 0) is 6.42 Å². The summed E-state index contributed by atoms with van der Waals surface area (Å²) in [6.07, 6.45) is 6.27. The second-order valence-electron chi connectivity index (χ2n) is 8.33. The van der Waals surface area contributed by atoms with E-state index in [0.29, 0.717) is 28.6 Å². The molecule has 3 atom stereocenters. The third kappa shape index (κ3) is 3.49. The molecule has 1 aliphatic carbocycles. The number of pyridine rings is 1. The predicted molar refractivity (Wildman–Crippen MR) is 119 cm³/mol. The molecule has 31 heavy (non-hydrogen) atoms. The molecule has 1 saturated carbocycles. The highest BCUT2D eigenvalue weighted by Gasteiger charge is 2.44. The second kappa shape index (κ2) is 7.81. The highest BCUT2D eigenvalue weighted by Crippen LogP contribution is 2.42. The van der Waals surface area contributed by atoms with Crippen LogP contribution in [0.1, 0.15) is 31.2 Å². The van der Waals surface area contributed by atoms with Gasteiger partial charge < -0.3 is 14.8 Å². The number of carbonyl (C=O) groups is 1. The van der Waals surface area contributed by atoms with Gasteiger partial charge in [-0.3, -0.25) is 5.32 Å². The van der Waals surface area contributed by atoms with Gasteiger partial charge in [0.1, 0.15) is 17.5 Å². The minimum Gasteiger partial charge on any atom is -0.370 e. The van der Waals surface area contributed by atoms with Crippen molar-refractivity contribution in [2.45, 2.75) is 32.2 Å². The van der Waals surface area contributed by atoms with Gasteiger partial charge in [0, 0.05) is 61.9 Å². The number of amides is 2. The molecule has 4 heterocycles. The van der Waals surface area contributed by atoms with Gasteiger partial charge in [-0.05, 0) is 30.7 Å². The molecule has 0 radical (unpaired) electrons. The Morgan fingerprint density at radius 1 is 1.42 bits per heavy atom. The number of anilines is 2. The van der Waals surface area contributed by atoms with Crippen molar-refractivity contribution in [3.63, 3.8) is 0 Å². The number of hydrogen-bond acceptors (Lipinski definition) is 7. The number of aromatic amines is 1. The van der Waals surface area contributed by atoms with Gasteiger partial charge >= 0.3 is 6.03 Å². The highest BCUT2D eigenvalue weighted by atomic mass is 32.1. The van der Waals surface area contributed by atoms with Gasteiger partial charge in [-0.25, -0.2) is 14.8 Å². The standard InChI is InChI=1S/C21H24N8OS/c1-3-17-25-20(31-27-17)26-21(30)29-10-12-6-15(7-13(12)11-29)28(2)18-14(8-22)9-24-19-16(18)4-5-23-19/h4-5,9,12-13,15H,3,6-7,10-11H2,1-2H3,(H,23,24)(H,25,26,27,30)/t12-,13?,15+/m1/s1. The van der Waals surface area contributed by atoms with E-state index in [1.54, 1.807) is 6.20 Å². The first-order chi connectivity index (χ1) is 15.1. The summed E-state index contributed by atoms with van der Waals surface area (Å²) in [5.41, 5.74) is 2.33. The second-order valence-corrected chi connectivity index (χ2v) is 9.08. The van der Waals surface area contributed by atoms with E-state index in [2.05, 4.69) is 42.7 Å². The highest BCUT2D eigenvalue weighted by molar-refractivity contribution is 7.09. The van der Waals surface area contributed by atoms with Crippen LogP contribution in [0.2, 0.25) is 0 Å². The molecule has 3 aromatic heterocycles. The number of nitrogens with zero attached hydrogens (tertiary/aromatic N) is 6. The number of H-pyrrole nitrogens is 1. The summed E-state index contributed by atoms with van der Waals surface area (Å²) in [7, 11) is 2.07. The molecule has 2 fully saturated rings. The van der Waals surface area contributed by atoms with Crippen molar-refractivity contribution < 1.29 is 4.79 Å². The van der Waals surface area contributed by atoms with E-state index >= 15 is 0 Å². The van der Waals surface area contributed by atoms with Crippen LogP contribution < -0.4 is 10.2 Å². The quantitative estimate of drug-likeness (QED) is 0.649. The summed E-state index contributed by atoms with van der Waals surface area (Å²) in [5, 5.41) is 14.0. The number of carbonyl (C=O) groups excluding carboxylic acids is 1. The molecule has 0 bridgehead atoms. The largest absolute Gasteiger partial charge is 0.370 e. The van der Waals surface area contributed by atoms with E-state index in [1.807, 2.05) is 24.1 Å². The number of urea groups is 1. The van der Waals surface area contributed by atoms with Crippen molar-refractivity contribution in [2.24, 2.45) is 11.8 Å². The molecule has 2 N–H and O–H groups in total. The number of rotatable bonds is 4. The fourth-order valence-corrected chi connectivity index (χ4v) is 5.65. The van der Waals surface area contributed by atoms with Crippen molar-refractivity contribution >= 4 is 39.4 Å². The molecule has 160 valence electrons. The van der Waals surface area contributed by atoms with Crippen LogP contribution in [0.4, 0.5) is 15.6 Å². The summed E-state index contributed by atoms with van der Waals surface area (Å²) in [4.78, 5) is 28.6. The maximum Gasteiger partial charge on any atom is 0.323 e. The lowest BCUT2D eigenvalue weighted by molar-refractivity contribution is 0.218. The molecule has 5 rings (SSSR count). The van der Waals surface area contributed by atoms with Crippen LogP contribution in [0.3, 0.4) is 0 Å². The van der Waals surface area contributed by atoms with Crippen LogP contribution >= 0.6 is 11.5 Å². The third-order valence-electron chi connectivity index (χ3n) is 6.59. The van der Waals surface area contributed by atoms with E-state index in [1.165, 1.54) is 11.5 Å².